The molecule has 0 fully saturated rings. The minimum absolute atomic E-state index is 0. The Labute approximate surface area is 285 Å². The fourth-order valence-corrected chi connectivity index (χ4v) is 5.92. The Bertz CT molecular complexity index is 1060. The maximum Gasteiger partial charge on any atom is 1.00 e. The second-order valence-electron chi connectivity index (χ2n) is 7.19. The number of hydrogen-bond acceptors (Lipinski definition) is 6. The molecule has 3 rings (SSSR count). The van der Waals surface area contributed by atoms with Gasteiger partial charge in [0.25, 0.3) is 0 Å². The van der Waals surface area contributed by atoms with Crippen molar-refractivity contribution in [3.05, 3.63) is 56.5 Å². The SMILES string of the molecule is O=S(=O)([O-])CCCC1(CCCS(=O)(=O)[O-])c2cc(Br)ccc2-c2ccc(Br)cc21.[K+].[K+]. The molecule has 1 aliphatic carbocycles. The third-order valence-corrected chi connectivity index (χ3v) is 7.84. The van der Waals surface area contributed by atoms with Crippen LogP contribution in [0.15, 0.2) is 45.3 Å². The van der Waals surface area contributed by atoms with Crippen LogP contribution < -0.4 is 103 Å². The van der Waals surface area contributed by atoms with Crippen LogP contribution in [0.5, 0.6) is 0 Å². The van der Waals surface area contributed by atoms with Gasteiger partial charge in [-0.1, -0.05) is 44.0 Å². The Morgan fingerprint density at radius 2 is 1.06 bits per heavy atom. The molecule has 0 radical (unpaired) electrons. The smallest absolute Gasteiger partial charge is 0.748 e. The van der Waals surface area contributed by atoms with E-state index in [0.717, 1.165) is 31.2 Å². The predicted octanol–water partition coefficient (Wildman–Crippen LogP) is -1.86. The Hall–Kier alpha value is 2.49. The van der Waals surface area contributed by atoms with E-state index in [4.69, 9.17) is 0 Å². The normalized spacial score (nSPS) is 14.2. The van der Waals surface area contributed by atoms with E-state index in [1.54, 1.807) is 0 Å². The van der Waals surface area contributed by atoms with Crippen molar-refractivity contribution < 1.29 is 129 Å². The summed E-state index contributed by atoms with van der Waals surface area (Å²) in [6, 6.07) is 11.6. The fraction of sp³-hybridized carbons (Fsp3) is 0.368. The molecule has 31 heavy (non-hydrogen) atoms. The van der Waals surface area contributed by atoms with Gasteiger partial charge in [-0.3, -0.25) is 0 Å². The van der Waals surface area contributed by atoms with Crippen LogP contribution in [-0.2, 0) is 25.7 Å². The largest absolute Gasteiger partial charge is 1.00 e. The van der Waals surface area contributed by atoms with Crippen molar-refractivity contribution in [2.75, 3.05) is 11.5 Å². The van der Waals surface area contributed by atoms with Crippen LogP contribution in [0.4, 0.5) is 0 Å². The van der Waals surface area contributed by atoms with Crippen molar-refractivity contribution in [1.82, 2.24) is 0 Å². The van der Waals surface area contributed by atoms with Gasteiger partial charge in [0, 0.05) is 25.9 Å². The number of fused-ring (bicyclic) bond motifs is 3. The number of benzene rings is 2. The third-order valence-electron chi connectivity index (χ3n) is 5.28. The second kappa shape index (κ2) is 12.6. The number of rotatable bonds is 8. The first kappa shape index (κ1) is 31.5. The van der Waals surface area contributed by atoms with E-state index in [9.17, 15) is 25.9 Å². The molecule has 0 atom stereocenters. The second-order valence-corrected chi connectivity index (χ2v) is 12.1. The third kappa shape index (κ3) is 8.26. The molecular weight excluding hydrogens is 626 g/mol. The Morgan fingerprint density at radius 1 is 0.710 bits per heavy atom. The van der Waals surface area contributed by atoms with Crippen molar-refractivity contribution in [3.8, 4) is 11.1 Å². The van der Waals surface area contributed by atoms with E-state index in [0.29, 0.717) is 12.8 Å². The molecule has 0 aromatic heterocycles. The number of hydrogen-bond donors (Lipinski definition) is 0. The van der Waals surface area contributed by atoms with Gasteiger partial charge < -0.3 is 9.11 Å². The summed E-state index contributed by atoms with van der Waals surface area (Å²) in [7, 11) is -8.74. The molecule has 2 aromatic rings. The van der Waals surface area contributed by atoms with Crippen molar-refractivity contribution in [3.63, 3.8) is 0 Å². The molecule has 0 saturated heterocycles. The van der Waals surface area contributed by atoms with Gasteiger partial charge in [0.2, 0.25) is 0 Å². The van der Waals surface area contributed by atoms with Gasteiger partial charge in [-0.15, -0.1) is 0 Å². The van der Waals surface area contributed by atoms with Gasteiger partial charge in [-0.05, 0) is 72.2 Å². The van der Waals surface area contributed by atoms with Gasteiger partial charge >= 0.3 is 103 Å². The summed E-state index contributed by atoms with van der Waals surface area (Å²) in [6.45, 7) is 0. The van der Waals surface area contributed by atoms with Crippen LogP contribution in [0.25, 0.3) is 11.1 Å². The molecule has 0 amide bonds. The van der Waals surface area contributed by atoms with E-state index >= 15 is 0 Å². The van der Waals surface area contributed by atoms with Gasteiger partial charge in [0.15, 0.2) is 0 Å². The number of halogens is 2. The summed E-state index contributed by atoms with van der Waals surface area (Å²) >= 11 is 6.95. The van der Waals surface area contributed by atoms with E-state index < -0.39 is 37.2 Å². The standard InChI is InChI=1S/C19H20Br2O6S2.2K/c20-13-3-5-15-16-6-4-14(21)12-18(16)19(17(15)11-13,7-1-9-28(22,23)24)8-2-10-29(25,26)27;;/h3-6,11-12H,1-2,7-10H2,(H,22,23,24)(H,25,26,27);;/q;2*+1/p-2. The van der Waals surface area contributed by atoms with Crippen molar-refractivity contribution in [2.45, 2.75) is 31.1 Å². The molecule has 0 aliphatic heterocycles. The zero-order chi connectivity index (χ0) is 21.4. The van der Waals surface area contributed by atoms with Crippen molar-refractivity contribution >= 4 is 52.1 Å². The molecule has 0 spiro atoms. The summed E-state index contributed by atoms with van der Waals surface area (Å²) in [6.07, 6.45) is 0.961. The first-order valence-corrected chi connectivity index (χ1v) is 13.6. The summed E-state index contributed by atoms with van der Waals surface area (Å²) < 4.78 is 68.6. The van der Waals surface area contributed by atoms with Crippen molar-refractivity contribution in [2.24, 2.45) is 0 Å². The molecular formula is C19H18Br2K2O6S2. The summed E-state index contributed by atoms with van der Waals surface area (Å²) in [5.41, 5.74) is 3.14. The van der Waals surface area contributed by atoms with Crippen LogP contribution in [0.3, 0.4) is 0 Å². The average molecular weight is 644 g/mol. The maximum atomic E-state index is 11.2. The molecule has 6 nitrogen and oxygen atoms in total. The predicted molar refractivity (Wildman–Crippen MR) is 116 cm³/mol. The van der Waals surface area contributed by atoms with Gasteiger partial charge in [0.05, 0.1) is 20.2 Å². The average Bonchev–Trinajstić information content (AvgIpc) is 2.82. The van der Waals surface area contributed by atoms with Crippen LogP contribution in [-0.4, -0.2) is 37.4 Å². The van der Waals surface area contributed by atoms with Crippen molar-refractivity contribution in [1.29, 1.82) is 0 Å². The quantitative estimate of drug-likeness (QED) is 0.246. The van der Waals surface area contributed by atoms with E-state index in [1.165, 1.54) is 0 Å². The Kier molecular flexibility index (Phi) is 12.9. The van der Waals surface area contributed by atoms with Gasteiger partial charge in [0.1, 0.15) is 0 Å². The summed E-state index contributed by atoms with van der Waals surface area (Å²) in [5, 5.41) is 0. The molecule has 1 aliphatic rings. The van der Waals surface area contributed by atoms with E-state index in [1.807, 2.05) is 36.4 Å². The van der Waals surface area contributed by atoms with E-state index in [2.05, 4.69) is 31.9 Å². The molecule has 158 valence electrons. The molecule has 12 heteroatoms. The summed E-state index contributed by atoms with van der Waals surface area (Å²) in [4.78, 5) is 0. The topological polar surface area (TPSA) is 114 Å². The van der Waals surface area contributed by atoms with Gasteiger partial charge in [-0.2, -0.15) is 0 Å². The van der Waals surface area contributed by atoms with E-state index in [-0.39, 0.29) is 116 Å². The zero-order valence-corrected chi connectivity index (χ0v) is 28.3. The molecule has 0 bridgehead atoms. The summed E-state index contributed by atoms with van der Waals surface area (Å²) in [5.74, 6) is -0.997. The zero-order valence-electron chi connectivity index (χ0n) is 17.2. The monoisotopic (exact) mass is 642 g/mol. The maximum absolute atomic E-state index is 11.2. The molecule has 0 unspecified atom stereocenters. The minimum Gasteiger partial charge on any atom is -0.748 e. The Morgan fingerprint density at radius 3 is 1.39 bits per heavy atom. The molecule has 0 saturated carbocycles. The van der Waals surface area contributed by atoms with Crippen LogP contribution in [0.2, 0.25) is 0 Å². The van der Waals surface area contributed by atoms with Crippen LogP contribution in [0.1, 0.15) is 36.8 Å². The van der Waals surface area contributed by atoms with Gasteiger partial charge in [-0.25, -0.2) is 16.8 Å². The Balaban J connectivity index is 0.00000240. The molecule has 2 aromatic carbocycles. The fourth-order valence-electron chi connectivity index (χ4n) is 4.20. The minimum atomic E-state index is -4.37. The molecule has 0 heterocycles. The van der Waals surface area contributed by atoms with Crippen LogP contribution >= 0.6 is 31.9 Å². The first-order chi connectivity index (χ1) is 13.4. The molecule has 0 N–H and O–H groups in total. The first-order valence-electron chi connectivity index (χ1n) is 8.89. The van der Waals surface area contributed by atoms with Crippen LogP contribution in [0, 0.1) is 0 Å².